The van der Waals surface area contributed by atoms with Crippen LogP contribution in [0.5, 0.6) is 5.75 Å². The predicted molar refractivity (Wildman–Crippen MR) is 77.8 cm³/mol. The Morgan fingerprint density at radius 2 is 2.00 bits per heavy atom. The van der Waals surface area contributed by atoms with E-state index in [1.807, 2.05) is 24.3 Å². The summed E-state index contributed by atoms with van der Waals surface area (Å²) in [5, 5.41) is 21.2. The van der Waals surface area contributed by atoms with E-state index in [1.54, 1.807) is 0 Å². The summed E-state index contributed by atoms with van der Waals surface area (Å²) in [7, 11) is 2.55. The number of rotatable bonds is 3. The lowest BCUT2D eigenvalue weighted by Gasteiger charge is -2.00. The molecule has 0 spiro atoms. The molecule has 0 aromatic heterocycles. The molecule has 6 heteroatoms. The Morgan fingerprint density at radius 3 is 2.68 bits per heavy atom. The minimum atomic E-state index is -0.513. The summed E-state index contributed by atoms with van der Waals surface area (Å²) in [4.78, 5) is 14.4. The molecule has 0 fully saturated rings. The van der Waals surface area contributed by atoms with Crippen molar-refractivity contribution >= 4 is 32.1 Å². The van der Waals surface area contributed by atoms with Crippen molar-refractivity contribution in [3.05, 3.63) is 58.1 Å². The maximum Gasteiger partial charge on any atom is 0.270 e. The number of hydrogen-bond donors (Lipinski definition) is 1. The Balaban J connectivity index is 2.35. The summed E-state index contributed by atoms with van der Waals surface area (Å²) in [5.74, 6) is -0.0458. The Bertz CT molecular complexity index is 656. The molecule has 1 N–H and O–H groups in total. The van der Waals surface area contributed by atoms with E-state index in [9.17, 15) is 15.2 Å². The van der Waals surface area contributed by atoms with Crippen LogP contribution in [-0.4, -0.2) is 16.2 Å². The van der Waals surface area contributed by atoms with E-state index < -0.39 is 4.92 Å². The second-order valence-corrected chi connectivity index (χ2v) is 4.44. The van der Waals surface area contributed by atoms with Crippen molar-refractivity contribution in [3.8, 4) is 5.75 Å². The number of phenols is 1. The third-order valence-electron chi connectivity index (χ3n) is 2.50. The molecule has 5 nitrogen and oxygen atoms in total. The van der Waals surface area contributed by atoms with E-state index in [1.165, 1.54) is 24.4 Å². The summed E-state index contributed by atoms with van der Waals surface area (Å²) >= 11 is 0. The van der Waals surface area contributed by atoms with Crippen LogP contribution in [0.2, 0.25) is 0 Å². The molecule has 0 saturated carbocycles. The first kappa shape index (κ1) is 13.2. The van der Waals surface area contributed by atoms with Gasteiger partial charge in [0.15, 0.2) is 0 Å². The zero-order valence-electron chi connectivity index (χ0n) is 9.85. The van der Waals surface area contributed by atoms with Gasteiger partial charge in [0.2, 0.25) is 0 Å². The van der Waals surface area contributed by atoms with Gasteiger partial charge in [0, 0.05) is 23.9 Å². The van der Waals surface area contributed by atoms with Crippen LogP contribution in [-0.2, 0) is 0 Å². The average molecular weight is 274 g/mol. The molecule has 1 unspecified atom stereocenters. The fourth-order valence-electron chi connectivity index (χ4n) is 1.50. The number of nitro groups is 1. The number of aromatic hydroxyl groups is 1. The molecule has 2 aromatic carbocycles. The molecule has 96 valence electrons. The molecule has 2 rings (SSSR count). The first-order chi connectivity index (χ1) is 9.08. The van der Waals surface area contributed by atoms with Crippen LogP contribution < -0.4 is 5.30 Å². The van der Waals surface area contributed by atoms with Crippen molar-refractivity contribution in [1.82, 2.24) is 0 Å². The monoisotopic (exact) mass is 274 g/mol. The predicted octanol–water partition coefficient (Wildman–Crippen LogP) is 2.55. The van der Waals surface area contributed by atoms with E-state index in [0.29, 0.717) is 5.56 Å². The van der Waals surface area contributed by atoms with Gasteiger partial charge in [-0.1, -0.05) is 18.2 Å². The van der Waals surface area contributed by atoms with Gasteiger partial charge in [-0.3, -0.25) is 15.1 Å². The van der Waals surface area contributed by atoms with Crippen LogP contribution in [0, 0.1) is 10.1 Å². The number of nitro benzene ring substituents is 1. The standard InChI is InChI=1S/C13H11N2O3P/c16-12-6-5-10(15(17)18)7-9(12)8-14-11-3-1-2-4-13(11)19/h1-8,16H,19H2. The molecule has 19 heavy (non-hydrogen) atoms. The smallest absolute Gasteiger partial charge is 0.270 e. The molecule has 0 saturated heterocycles. The molecule has 0 aliphatic rings. The quantitative estimate of drug-likeness (QED) is 0.404. The van der Waals surface area contributed by atoms with Crippen molar-refractivity contribution < 1.29 is 10.0 Å². The zero-order valence-corrected chi connectivity index (χ0v) is 11.0. The van der Waals surface area contributed by atoms with Gasteiger partial charge in [0.1, 0.15) is 5.75 Å². The fourth-order valence-corrected chi connectivity index (χ4v) is 1.78. The number of non-ortho nitro benzene ring substituents is 1. The van der Waals surface area contributed by atoms with Crippen molar-refractivity contribution in [2.24, 2.45) is 4.99 Å². The van der Waals surface area contributed by atoms with Crippen molar-refractivity contribution in [2.75, 3.05) is 0 Å². The molecule has 0 radical (unpaired) electrons. The number of para-hydroxylation sites is 1. The van der Waals surface area contributed by atoms with Gasteiger partial charge in [-0.25, -0.2) is 0 Å². The molecule has 0 aliphatic heterocycles. The highest BCUT2D eigenvalue weighted by molar-refractivity contribution is 7.28. The molecule has 2 aromatic rings. The molecule has 0 bridgehead atoms. The SMILES string of the molecule is O=[N+]([O-])c1ccc(O)c(C=Nc2ccccc2P)c1. The third-order valence-corrected chi connectivity index (χ3v) is 2.99. The Kier molecular flexibility index (Phi) is 3.88. The topological polar surface area (TPSA) is 75.7 Å². The van der Waals surface area contributed by atoms with E-state index in [0.717, 1.165) is 11.0 Å². The van der Waals surface area contributed by atoms with E-state index in [2.05, 4.69) is 14.2 Å². The van der Waals surface area contributed by atoms with Crippen LogP contribution in [0.15, 0.2) is 47.5 Å². The Morgan fingerprint density at radius 1 is 1.26 bits per heavy atom. The van der Waals surface area contributed by atoms with Crippen LogP contribution in [0.25, 0.3) is 0 Å². The molecule has 0 amide bonds. The fraction of sp³-hybridized carbons (Fsp3) is 0. The number of aliphatic imine (C=N–C) groups is 1. The highest BCUT2D eigenvalue weighted by Crippen LogP contribution is 2.22. The van der Waals surface area contributed by atoms with Crippen LogP contribution in [0.3, 0.4) is 0 Å². The lowest BCUT2D eigenvalue weighted by molar-refractivity contribution is -0.384. The minimum Gasteiger partial charge on any atom is -0.507 e. The zero-order chi connectivity index (χ0) is 13.8. The second kappa shape index (κ2) is 5.59. The van der Waals surface area contributed by atoms with Crippen molar-refractivity contribution in [1.29, 1.82) is 0 Å². The third kappa shape index (κ3) is 3.14. The number of benzene rings is 2. The molecule has 0 aliphatic carbocycles. The van der Waals surface area contributed by atoms with Gasteiger partial charge in [-0.15, -0.1) is 9.24 Å². The largest absolute Gasteiger partial charge is 0.507 e. The lowest BCUT2D eigenvalue weighted by atomic mass is 10.2. The lowest BCUT2D eigenvalue weighted by Crippen LogP contribution is -1.92. The van der Waals surface area contributed by atoms with Crippen molar-refractivity contribution in [2.45, 2.75) is 0 Å². The summed E-state index contributed by atoms with van der Waals surface area (Å²) in [6, 6.07) is 11.2. The van der Waals surface area contributed by atoms with Gasteiger partial charge < -0.3 is 5.11 Å². The first-order valence-electron chi connectivity index (χ1n) is 5.44. The first-order valence-corrected chi connectivity index (χ1v) is 6.01. The van der Waals surface area contributed by atoms with E-state index >= 15 is 0 Å². The number of phenolic OH excluding ortho intramolecular Hbond substituents is 1. The van der Waals surface area contributed by atoms with Crippen LogP contribution in [0.4, 0.5) is 11.4 Å². The highest BCUT2D eigenvalue weighted by atomic mass is 31.0. The summed E-state index contributed by atoms with van der Waals surface area (Å²) in [6.07, 6.45) is 1.41. The van der Waals surface area contributed by atoms with E-state index in [4.69, 9.17) is 0 Å². The van der Waals surface area contributed by atoms with Gasteiger partial charge in [-0.2, -0.15) is 0 Å². The Hall–Kier alpha value is -2.26. The second-order valence-electron chi connectivity index (χ2n) is 3.82. The normalized spacial score (nSPS) is 10.8. The average Bonchev–Trinajstić information content (AvgIpc) is 2.39. The minimum absolute atomic E-state index is 0.0458. The van der Waals surface area contributed by atoms with Crippen LogP contribution >= 0.6 is 9.24 Å². The number of hydrogen-bond acceptors (Lipinski definition) is 4. The highest BCUT2D eigenvalue weighted by Gasteiger charge is 2.08. The summed E-state index contributed by atoms with van der Waals surface area (Å²) in [6.45, 7) is 0. The van der Waals surface area contributed by atoms with E-state index in [-0.39, 0.29) is 11.4 Å². The summed E-state index contributed by atoms with van der Waals surface area (Å²) in [5.41, 5.74) is 0.944. The number of nitrogens with zero attached hydrogens (tertiary/aromatic N) is 2. The molecule has 1 atom stereocenters. The molecule has 0 heterocycles. The van der Waals surface area contributed by atoms with Gasteiger partial charge in [0.25, 0.3) is 5.69 Å². The Labute approximate surface area is 112 Å². The van der Waals surface area contributed by atoms with Crippen molar-refractivity contribution in [3.63, 3.8) is 0 Å². The molecular formula is C13H11N2O3P. The van der Waals surface area contributed by atoms with Gasteiger partial charge in [-0.05, 0) is 17.4 Å². The maximum atomic E-state index is 10.7. The van der Waals surface area contributed by atoms with Gasteiger partial charge >= 0.3 is 0 Å². The van der Waals surface area contributed by atoms with Crippen LogP contribution in [0.1, 0.15) is 5.56 Å². The summed E-state index contributed by atoms with van der Waals surface area (Å²) < 4.78 is 0. The van der Waals surface area contributed by atoms with Gasteiger partial charge in [0.05, 0.1) is 10.6 Å². The maximum absolute atomic E-state index is 10.7. The molecular weight excluding hydrogens is 263 g/mol.